The predicted octanol–water partition coefficient (Wildman–Crippen LogP) is 2.78. The van der Waals surface area contributed by atoms with E-state index in [1.807, 2.05) is 0 Å². The number of nitrogens with one attached hydrogen (secondary N) is 1. The minimum Gasteiger partial charge on any atom is -0.496 e. The van der Waals surface area contributed by atoms with E-state index in [9.17, 15) is 0 Å². The van der Waals surface area contributed by atoms with Crippen LogP contribution in [0.5, 0.6) is 5.75 Å². The van der Waals surface area contributed by atoms with Crippen LogP contribution in [0, 0.1) is 6.92 Å². The molecule has 1 rings (SSSR count). The zero-order valence-corrected chi connectivity index (χ0v) is 13.2. The SMILES string of the molecule is COc1cc(C)c(CNCCN(C)C)cc1C(C)C. The highest BCUT2D eigenvalue weighted by molar-refractivity contribution is 5.43. The third-order valence-electron chi connectivity index (χ3n) is 3.36. The molecule has 19 heavy (non-hydrogen) atoms. The lowest BCUT2D eigenvalue weighted by Crippen LogP contribution is -2.26. The van der Waals surface area contributed by atoms with Crippen molar-refractivity contribution in [1.82, 2.24) is 10.2 Å². The monoisotopic (exact) mass is 264 g/mol. The number of rotatable bonds is 7. The first-order valence-corrected chi connectivity index (χ1v) is 6.98. The smallest absolute Gasteiger partial charge is 0.122 e. The minimum atomic E-state index is 0.482. The highest BCUT2D eigenvalue weighted by Gasteiger charge is 2.10. The van der Waals surface area contributed by atoms with E-state index >= 15 is 0 Å². The van der Waals surface area contributed by atoms with Gasteiger partial charge < -0.3 is 15.0 Å². The lowest BCUT2D eigenvalue weighted by molar-refractivity contribution is 0.399. The third kappa shape index (κ3) is 4.84. The van der Waals surface area contributed by atoms with Crippen molar-refractivity contribution in [1.29, 1.82) is 0 Å². The Morgan fingerprint density at radius 2 is 1.95 bits per heavy atom. The summed E-state index contributed by atoms with van der Waals surface area (Å²) >= 11 is 0. The van der Waals surface area contributed by atoms with Crippen molar-refractivity contribution in [3.63, 3.8) is 0 Å². The van der Waals surface area contributed by atoms with E-state index in [1.165, 1.54) is 16.7 Å². The van der Waals surface area contributed by atoms with Crippen LogP contribution in [0.4, 0.5) is 0 Å². The maximum atomic E-state index is 5.47. The average molecular weight is 264 g/mol. The van der Waals surface area contributed by atoms with Crippen molar-refractivity contribution in [2.75, 3.05) is 34.3 Å². The summed E-state index contributed by atoms with van der Waals surface area (Å²) in [7, 11) is 5.93. The van der Waals surface area contributed by atoms with Crippen molar-refractivity contribution in [3.05, 3.63) is 28.8 Å². The standard InChI is InChI=1S/C16H28N2O/c1-12(2)15-10-14(11-17-7-8-18(4)5)13(3)9-16(15)19-6/h9-10,12,17H,7-8,11H2,1-6H3. The summed E-state index contributed by atoms with van der Waals surface area (Å²) in [5, 5.41) is 3.49. The topological polar surface area (TPSA) is 24.5 Å². The lowest BCUT2D eigenvalue weighted by Gasteiger charge is -2.17. The number of hydrogen-bond acceptors (Lipinski definition) is 3. The second kappa shape index (κ2) is 7.51. The Morgan fingerprint density at radius 1 is 1.26 bits per heavy atom. The molecular formula is C16H28N2O. The molecular weight excluding hydrogens is 236 g/mol. The second-order valence-electron chi connectivity index (χ2n) is 5.66. The number of likely N-dealkylation sites (N-methyl/N-ethyl adjacent to an activating group) is 1. The number of hydrogen-bond donors (Lipinski definition) is 1. The largest absolute Gasteiger partial charge is 0.496 e. The molecule has 0 radical (unpaired) electrons. The summed E-state index contributed by atoms with van der Waals surface area (Å²) in [6.07, 6.45) is 0. The first-order chi connectivity index (χ1) is 8.95. The number of nitrogens with zero attached hydrogens (tertiary/aromatic N) is 1. The average Bonchev–Trinajstić information content (AvgIpc) is 2.34. The summed E-state index contributed by atoms with van der Waals surface area (Å²) in [5.41, 5.74) is 3.94. The zero-order chi connectivity index (χ0) is 14.4. The molecule has 0 heterocycles. The molecule has 0 aliphatic rings. The molecule has 0 saturated carbocycles. The highest BCUT2D eigenvalue weighted by Crippen LogP contribution is 2.29. The Balaban J connectivity index is 2.75. The van der Waals surface area contributed by atoms with E-state index in [1.54, 1.807) is 7.11 Å². The van der Waals surface area contributed by atoms with Gasteiger partial charge in [-0.25, -0.2) is 0 Å². The maximum Gasteiger partial charge on any atom is 0.122 e. The fraction of sp³-hybridized carbons (Fsp3) is 0.625. The molecule has 3 nitrogen and oxygen atoms in total. The molecule has 0 spiro atoms. The molecule has 3 heteroatoms. The predicted molar refractivity (Wildman–Crippen MR) is 82.1 cm³/mol. The molecule has 108 valence electrons. The summed E-state index contributed by atoms with van der Waals surface area (Å²) < 4.78 is 5.47. The Bertz CT molecular complexity index is 400. The van der Waals surface area contributed by atoms with Crippen LogP contribution < -0.4 is 10.1 Å². The summed E-state index contributed by atoms with van der Waals surface area (Å²) in [6.45, 7) is 9.55. The summed E-state index contributed by atoms with van der Waals surface area (Å²) in [5.74, 6) is 1.49. The van der Waals surface area contributed by atoms with E-state index < -0.39 is 0 Å². The van der Waals surface area contributed by atoms with Gasteiger partial charge in [-0.2, -0.15) is 0 Å². The van der Waals surface area contributed by atoms with Gasteiger partial charge in [0, 0.05) is 19.6 Å². The number of methoxy groups -OCH3 is 1. The summed E-state index contributed by atoms with van der Waals surface area (Å²) in [6, 6.07) is 4.43. The molecule has 1 aromatic carbocycles. The second-order valence-corrected chi connectivity index (χ2v) is 5.66. The van der Waals surface area contributed by atoms with Gasteiger partial charge in [0.2, 0.25) is 0 Å². The van der Waals surface area contributed by atoms with Crippen molar-refractivity contribution >= 4 is 0 Å². The number of aryl methyl sites for hydroxylation is 1. The van der Waals surface area contributed by atoms with Crippen LogP contribution in [-0.4, -0.2) is 39.2 Å². The molecule has 0 unspecified atom stereocenters. The van der Waals surface area contributed by atoms with Crippen LogP contribution in [0.15, 0.2) is 12.1 Å². The fourth-order valence-electron chi connectivity index (χ4n) is 2.09. The zero-order valence-electron chi connectivity index (χ0n) is 13.2. The quantitative estimate of drug-likeness (QED) is 0.766. The van der Waals surface area contributed by atoms with E-state index in [2.05, 4.69) is 57.2 Å². The molecule has 0 aromatic heterocycles. The van der Waals surface area contributed by atoms with Crippen LogP contribution in [-0.2, 0) is 6.54 Å². The van der Waals surface area contributed by atoms with Crippen LogP contribution in [0.1, 0.15) is 36.5 Å². The molecule has 1 aromatic rings. The molecule has 0 fully saturated rings. The molecule has 0 saturated heterocycles. The Hall–Kier alpha value is -1.06. The molecule has 0 bridgehead atoms. The van der Waals surface area contributed by atoms with Crippen LogP contribution in [0.2, 0.25) is 0 Å². The van der Waals surface area contributed by atoms with Gasteiger partial charge in [-0.1, -0.05) is 19.9 Å². The van der Waals surface area contributed by atoms with E-state index in [-0.39, 0.29) is 0 Å². The molecule has 1 N–H and O–H groups in total. The van der Waals surface area contributed by atoms with Gasteiger partial charge in [0.05, 0.1) is 7.11 Å². The van der Waals surface area contributed by atoms with Crippen LogP contribution in [0.25, 0.3) is 0 Å². The first kappa shape index (κ1) is 16.0. The lowest BCUT2D eigenvalue weighted by atomic mass is 9.96. The van der Waals surface area contributed by atoms with Gasteiger partial charge in [0.1, 0.15) is 5.75 Å². The fourth-order valence-corrected chi connectivity index (χ4v) is 2.09. The number of ether oxygens (including phenoxy) is 1. The normalized spacial score (nSPS) is 11.4. The molecule has 0 aliphatic heterocycles. The molecule has 0 aliphatic carbocycles. The Morgan fingerprint density at radius 3 is 2.47 bits per heavy atom. The van der Waals surface area contributed by atoms with Gasteiger partial charge in [-0.3, -0.25) is 0 Å². The van der Waals surface area contributed by atoms with Crippen molar-refractivity contribution in [3.8, 4) is 5.75 Å². The van der Waals surface area contributed by atoms with Crippen molar-refractivity contribution < 1.29 is 4.74 Å². The highest BCUT2D eigenvalue weighted by atomic mass is 16.5. The van der Waals surface area contributed by atoms with Crippen molar-refractivity contribution in [2.24, 2.45) is 0 Å². The first-order valence-electron chi connectivity index (χ1n) is 6.98. The van der Waals surface area contributed by atoms with Gasteiger partial charge in [0.15, 0.2) is 0 Å². The maximum absolute atomic E-state index is 5.47. The Kier molecular flexibility index (Phi) is 6.32. The molecule has 0 atom stereocenters. The van der Waals surface area contributed by atoms with E-state index in [0.29, 0.717) is 5.92 Å². The van der Waals surface area contributed by atoms with Crippen LogP contribution >= 0.6 is 0 Å². The van der Waals surface area contributed by atoms with Crippen molar-refractivity contribution in [2.45, 2.75) is 33.2 Å². The van der Waals surface area contributed by atoms with E-state index in [4.69, 9.17) is 4.74 Å². The van der Waals surface area contributed by atoms with Gasteiger partial charge in [-0.05, 0) is 49.7 Å². The minimum absolute atomic E-state index is 0.482. The van der Waals surface area contributed by atoms with Gasteiger partial charge >= 0.3 is 0 Å². The van der Waals surface area contributed by atoms with Gasteiger partial charge in [0.25, 0.3) is 0 Å². The Labute approximate surface area is 118 Å². The number of benzene rings is 1. The van der Waals surface area contributed by atoms with E-state index in [0.717, 1.165) is 25.4 Å². The van der Waals surface area contributed by atoms with Crippen LogP contribution in [0.3, 0.4) is 0 Å². The molecule has 0 amide bonds. The third-order valence-corrected chi connectivity index (χ3v) is 3.36. The summed E-state index contributed by atoms with van der Waals surface area (Å²) in [4.78, 5) is 2.19. The van der Waals surface area contributed by atoms with Gasteiger partial charge in [-0.15, -0.1) is 0 Å².